The van der Waals surface area contributed by atoms with Crippen LogP contribution in [-0.2, 0) is 11.3 Å². The van der Waals surface area contributed by atoms with Crippen molar-refractivity contribution in [3.8, 4) is 0 Å². The molecule has 22 heavy (non-hydrogen) atoms. The Bertz CT molecular complexity index is 582. The minimum absolute atomic E-state index is 0.0774. The number of hydrogen-bond donors (Lipinski definition) is 1. The Kier molecular flexibility index (Phi) is 5.84. The lowest BCUT2D eigenvalue weighted by molar-refractivity contribution is -0.123. The van der Waals surface area contributed by atoms with Gasteiger partial charge in [0.05, 0.1) is 0 Å². The zero-order valence-corrected chi connectivity index (χ0v) is 15.1. The summed E-state index contributed by atoms with van der Waals surface area (Å²) in [6.07, 6.45) is 5.09. The molecule has 122 valence electrons. The van der Waals surface area contributed by atoms with Gasteiger partial charge in [0.1, 0.15) is 6.54 Å². The van der Waals surface area contributed by atoms with Crippen LogP contribution in [0.4, 0.5) is 0 Å². The van der Waals surface area contributed by atoms with Crippen LogP contribution in [0.2, 0.25) is 0 Å². The third-order valence-corrected chi connectivity index (χ3v) is 5.10. The molecular weight excluding hydrogens is 344 g/mol. The number of halogens is 1. The average Bonchev–Trinajstić information content (AvgIpc) is 2.42. The predicted molar refractivity (Wildman–Crippen MR) is 91.7 cm³/mol. The summed E-state index contributed by atoms with van der Waals surface area (Å²) >= 11 is 3.33. The molecule has 1 N–H and O–H groups in total. The maximum atomic E-state index is 12.3. The number of rotatable bonds is 4. The summed E-state index contributed by atoms with van der Waals surface area (Å²) in [4.78, 5) is 24.1. The van der Waals surface area contributed by atoms with Gasteiger partial charge in [0.2, 0.25) is 5.91 Å². The molecule has 3 atom stereocenters. The topological polar surface area (TPSA) is 51.1 Å². The fraction of sp³-hybridized carbons (Fsp3) is 0.647. The molecule has 4 nitrogen and oxygen atoms in total. The van der Waals surface area contributed by atoms with Gasteiger partial charge < -0.3 is 9.88 Å². The van der Waals surface area contributed by atoms with E-state index in [1.165, 1.54) is 23.5 Å². The van der Waals surface area contributed by atoms with E-state index < -0.39 is 0 Å². The molecule has 1 aromatic heterocycles. The molecule has 1 heterocycles. The molecule has 1 saturated carbocycles. The van der Waals surface area contributed by atoms with E-state index in [2.05, 4.69) is 42.0 Å². The van der Waals surface area contributed by atoms with Crippen molar-refractivity contribution in [2.75, 3.05) is 0 Å². The highest BCUT2D eigenvalue weighted by Gasteiger charge is 2.31. The number of carbonyl (C=O) groups excluding carboxylic acids is 1. The van der Waals surface area contributed by atoms with E-state index in [4.69, 9.17) is 0 Å². The summed E-state index contributed by atoms with van der Waals surface area (Å²) in [7, 11) is 0. The molecular formula is C17H25BrN2O2. The second-order valence-corrected chi connectivity index (χ2v) is 7.73. The van der Waals surface area contributed by atoms with E-state index in [1.807, 2.05) is 0 Å². The highest BCUT2D eigenvalue weighted by atomic mass is 79.9. The summed E-state index contributed by atoms with van der Waals surface area (Å²) in [6, 6.07) is 3.38. The van der Waals surface area contributed by atoms with Crippen LogP contribution in [0, 0.1) is 17.8 Å². The van der Waals surface area contributed by atoms with Crippen LogP contribution in [0.25, 0.3) is 0 Å². The number of pyridine rings is 1. The summed E-state index contributed by atoms with van der Waals surface area (Å²) in [5.41, 5.74) is -0.157. The third kappa shape index (κ3) is 4.45. The van der Waals surface area contributed by atoms with Crippen molar-refractivity contribution in [2.24, 2.45) is 17.8 Å². The molecule has 1 aliphatic rings. The minimum atomic E-state index is -0.157. The third-order valence-electron chi connectivity index (χ3n) is 4.63. The molecule has 0 radical (unpaired) electrons. The zero-order chi connectivity index (χ0) is 16.3. The van der Waals surface area contributed by atoms with Crippen LogP contribution in [0.3, 0.4) is 0 Å². The van der Waals surface area contributed by atoms with Gasteiger partial charge in [-0.3, -0.25) is 9.59 Å². The van der Waals surface area contributed by atoms with Crippen LogP contribution in [0.5, 0.6) is 0 Å². The van der Waals surface area contributed by atoms with Crippen LogP contribution in [-0.4, -0.2) is 16.5 Å². The molecule has 3 unspecified atom stereocenters. The summed E-state index contributed by atoms with van der Waals surface area (Å²) < 4.78 is 2.24. The lowest BCUT2D eigenvalue weighted by Crippen LogP contribution is -2.47. The van der Waals surface area contributed by atoms with Gasteiger partial charge in [0.25, 0.3) is 5.56 Å². The Labute approximate surface area is 140 Å². The summed E-state index contributed by atoms with van der Waals surface area (Å²) in [5, 5.41) is 3.16. The van der Waals surface area contributed by atoms with Gasteiger partial charge in [-0.05, 0) is 52.6 Å². The van der Waals surface area contributed by atoms with Gasteiger partial charge in [-0.1, -0.05) is 27.2 Å². The first-order valence-corrected chi connectivity index (χ1v) is 8.81. The first-order valence-electron chi connectivity index (χ1n) is 8.02. The molecule has 1 amide bonds. The quantitative estimate of drug-likeness (QED) is 0.886. The molecule has 0 bridgehead atoms. The highest BCUT2D eigenvalue weighted by Crippen LogP contribution is 2.33. The van der Waals surface area contributed by atoms with Crippen LogP contribution >= 0.6 is 15.9 Å². The van der Waals surface area contributed by atoms with E-state index in [0.29, 0.717) is 17.8 Å². The van der Waals surface area contributed by atoms with Gasteiger partial charge in [0, 0.05) is 22.8 Å². The number of aromatic nitrogens is 1. The molecule has 0 saturated heterocycles. The number of amides is 1. The fourth-order valence-corrected chi connectivity index (χ4v) is 3.78. The minimum Gasteiger partial charge on any atom is -0.352 e. The number of hydrogen-bond acceptors (Lipinski definition) is 2. The van der Waals surface area contributed by atoms with Gasteiger partial charge in [-0.15, -0.1) is 0 Å². The monoisotopic (exact) mass is 368 g/mol. The largest absolute Gasteiger partial charge is 0.352 e. The highest BCUT2D eigenvalue weighted by molar-refractivity contribution is 9.10. The number of carbonyl (C=O) groups is 1. The molecule has 0 aromatic carbocycles. The van der Waals surface area contributed by atoms with Crippen molar-refractivity contribution in [2.45, 2.75) is 52.6 Å². The lowest BCUT2D eigenvalue weighted by Gasteiger charge is -2.37. The van der Waals surface area contributed by atoms with Crippen molar-refractivity contribution in [3.05, 3.63) is 33.2 Å². The Hall–Kier alpha value is -1.10. The van der Waals surface area contributed by atoms with Crippen molar-refractivity contribution in [1.82, 2.24) is 9.88 Å². The van der Waals surface area contributed by atoms with E-state index in [0.717, 1.165) is 10.9 Å². The number of nitrogens with zero attached hydrogens (tertiary/aromatic N) is 1. The van der Waals surface area contributed by atoms with Crippen molar-refractivity contribution in [1.29, 1.82) is 0 Å². The first-order chi connectivity index (χ1) is 10.4. The first kappa shape index (κ1) is 17.3. The van der Waals surface area contributed by atoms with Crippen LogP contribution in [0.15, 0.2) is 27.6 Å². The summed E-state index contributed by atoms with van der Waals surface area (Å²) in [6.45, 7) is 6.76. The predicted octanol–water partition coefficient (Wildman–Crippen LogP) is 3.19. The molecule has 1 aliphatic carbocycles. The van der Waals surface area contributed by atoms with Gasteiger partial charge in [-0.2, -0.15) is 0 Å². The lowest BCUT2D eigenvalue weighted by atomic mass is 9.74. The van der Waals surface area contributed by atoms with Gasteiger partial charge in [-0.25, -0.2) is 0 Å². The molecule has 0 aliphatic heterocycles. The molecule has 1 aromatic rings. The van der Waals surface area contributed by atoms with Crippen LogP contribution < -0.4 is 10.9 Å². The van der Waals surface area contributed by atoms with E-state index >= 15 is 0 Å². The average molecular weight is 369 g/mol. The second kappa shape index (κ2) is 7.44. The molecule has 2 rings (SSSR count). The Morgan fingerprint density at radius 3 is 2.82 bits per heavy atom. The molecule has 5 heteroatoms. The van der Waals surface area contributed by atoms with Crippen molar-refractivity contribution < 1.29 is 4.79 Å². The van der Waals surface area contributed by atoms with Crippen molar-refractivity contribution in [3.63, 3.8) is 0 Å². The van der Waals surface area contributed by atoms with Gasteiger partial charge in [0.15, 0.2) is 0 Å². The number of nitrogens with one attached hydrogen (secondary N) is 1. The fourth-order valence-electron chi connectivity index (χ4n) is 3.40. The SMILES string of the molecule is CC1CCC(C(C)C)C(NC(=O)Cn2cc(Br)ccc2=O)C1. The van der Waals surface area contributed by atoms with Gasteiger partial charge >= 0.3 is 0 Å². The normalized spacial score (nSPS) is 25.2. The Morgan fingerprint density at radius 1 is 1.41 bits per heavy atom. The van der Waals surface area contributed by atoms with Crippen LogP contribution in [0.1, 0.15) is 40.0 Å². The van der Waals surface area contributed by atoms with Crippen molar-refractivity contribution >= 4 is 21.8 Å². The Morgan fingerprint density at radius 2 is 2.14 bits per heavy atom. The Balaban J connectivity index is 2.03. The smallest absolute Gasteiger partial charge is 0.251 e. The zero-order valence-electron chi connectivity index (χ0n) is 13.5. The molecule has 0 spiro atoms. The van der Waals surface area contributed by atoms with E-state index in [9.17, 15) is 9.59 Å². The standard InChI is InChI=1S/C17H25BrN2O2/c1-11(2)14-6-4-12(3)8-15(14)19-16(21)10-20-9-13(18)5-7-17(20)22/h5,7,9,11-12,14-15H,4,6,8,10H2,1-3H3,(H,19,21). The maximum absolute atomic E-state index is 12.3. The molecule has 1 fully saturated rings. The van der Waals surface area contributed by atoms with E-state index in [1.54, 1.807) is 12.3 Å². The maximum Gasteiger partial charge on any atom is 0.251 e. The van der Waals surface area contributed by atoms with E-state index in [-0.39, 0.29) is 24.1 Å². The second-order valence-electron chi connectivity index (χ2n) is 6.81. The summed E-state index contributed by atoms with van der Waals surface area (Å²) in [5.74, 6) is 1.66.